The molecule has 1 fully saturated rings. The molecule has 1 aromatic carbocycles. The van der Waals surface area contributed by atoms with Crippen LogP contribution in [0.3, 0.4) is 0 Å². The number of benzene rings is 1. The summed E-state index contributed by atoms with van der Waals surface area (Å²) in [6, 6.07) is 7.85. The van der Waals surface area contributed by atoms with Gasteiger partial charge in [-0.1, -0.05) is 12.1 Å². The molecule has 7 heteroatoms. The van der Waals surface area contributed by atoms with Crippen molar-refractivity contribution in [1.29, 1.82) is 0 Å². The van der Waals surface area contributed by atoms with Crippen LogP contribution in [0.2, 0.25) is 0 Å². The van der Waals surface area contributed by atoms with Crippen LogP contribution in [0.1, 0.15) is 32.7 Å². The fraction of sp³-hybridized carbons (Fsp3) is 0.579. The molecule has 0 radical (unpaired) electrons. The molecule has 0 bridgehead atoms. The first-order chi connectivity index (χ1) is 12.3. The van der Waals surface area contributed by atoms with Crippen LogP contribution in [0.4, 0.5) is 4.79 Å². The van der Waals surface area contributed by atoms with Crippen molar-refractivity contribution in [2.45, 2.75) is 52.0 Å². The second-order valence-corrected chi connectivity index (χ2v) is 8.70. The Labute approximate surface area is 158 Å². The van der Waals surface area contributed by atoms with Crippen molar-refractivity contribution in [3.05, 3.63) is 29.3 Å². The number of para-hydroxylation sites is 1. The molecule has 1 saturated heterocycles. The van der Waals surface area contributed by atoms with Gasteiger partial charge in [0.25, 0.3) is 0 Å². The van der Waals surface area contributed by atoms with Crippen molar-refractivity contribution in [2.75, 3.05) is 19.6 Å². The predicted molar refractivity (Wildman–Crippen MR) is 106 cm³/mol. The first kappa shape index (κ1) is 19.1. The molecule has 26 heavy (non-hydrogen) atoms. The van der Waals surface area contributed by atoms with Gasteiger partial charge in [0.05, 0.1) is 29.0 Å². The van der Waals surface area contributed by atoms with Crippen LogP contribution < -0.4 is 10.6 Å². The van der Waals surface area contributed by atoms with E-state index in [4.69, 9.17) is 4.74 Å². The van der Waals surface area contributed by atoms with Crippen molar-refractivity contribution in [3.8, 4) is 0 Å². The Morgan fingerprint density at radius 1 is 1.27 bits per heavy atom. The molecule has 2 atom stereocenters. The van der Waals surface area contributed by atoms with Gasteiger partial charge in [0.1, 0.15) is 5.01 Å². The number of ether oxygens (including phenoxy) is 1. The van der Waals surface area contributed by atoms with Crippen molar-refractivity contribution in [1.82, 2.24) is 20.5 Å². The number of thiazole rings is 1. The smallest absolute Gasteiger partial charge is 0.315 e. The monoisotopic (exact) mass is 376 g/mol. The number of nitrogens with zero attached hydrogens (tertiary/aromatic N) is 2. The molecule has 0 saturated carbocycles. The van der Waals surface area contributed by atoms with Crippen LogP contribution in [0.15, 0.2) is 24.3 Å². The number of carbonyl (C=O) groups is 1. The lowest BCUT2D eigenvalue weighted by molar-refractivity contribution is -0.0947. The summed E-state index contributed by atoms with van der Waals surface area (Å²) in [6.07, 6.45) is 0.428. The van der Waals surface area contributed by atoms with Gasteiger partial charge in [0.15, 0.2) is 0 Å². The summed E-state index contributed by atoms with van der Waals surface area (Å²) < 4.78 is 6.94. The average molecular weight is 377 g/mol. The number of carbonyl (C=O) groups excluding carboxylic acids is 1. The Hall–Kier alpha value is -1.70. The maximum absolute atomic E-state index is 12.2. The molecule has 0 aliphatic carbocycles. The second kappa shape index (κ2) is 7.90. The van der Waals surface area contributed by atoms with Gasteiger partial charge in [-0.05, 0) is 39.8 Å². The Kier molecular flexibility index (Phi) is 5.79. The molecule has 2 amide bonds. The van der Waals surface area contributed by atoms with E-state index in [2.05, 4.69) is 48.2 Å². The Morgan fingerprint density at radius 2 is 1.96 bits per heavy atom. The van der Waals surface area contributed by atoms with Crippen molar-refractivity contribution in [3.63, 3.8) is 0 Å². The van der Waals surface area contributed by atoms with Gasteiger partial charge in [-0.15, -0.1) is 11.3 Å². The van der Waals surface area contributed by atoms with Gasteiger partial charge in [-0.25, -0.2) is 9.78 Å². The third-order valence-electron chi connectivity index (χ3n) is 4.70. The highest BCUT2D eigenvalue weighted by Gasteiger charge is 2.33. The summed E-state index contributed by atoms with van der Waals surface area (Å²) in [5.41, 5.74) is 0.853. The quantitative estimate of drug-likeness (QED) is 0.842. The van der Waals surface area contributed by atoms with Crippen LogP contribution in [-0.2, 0) is 11.3 Å². The number of morpholine rings is 1. The number of fused-ring (bicyclic) bond motifs is 1. The standard InChI is InChI=1S/C19H28N4O2S/c1-13-10-23(11-14(2)25-13)19(3,4)12-21-18(24)20-9-17-22-15-7-5-6-8-16(15)26-17/h5-8,13-14H,9-12H2,1-4H3,(H2,20,21,24)/t13-,14-/m0/s1. The molecule has 0 unspecified atom stereocenters. The van der Waals surface area contributed by atoms with E-state index < -0.39 is 0 Å². The number of rotatable bonds is 5. The van der Waals surface area contributed by atoms with Gasteiger partial charge in [0.2, 0.25) is 0 Å². The van der Waals surface area contributed by atoms with E-state index in [1.165, 1.54) is 0 Å². The number of hydrogen-bond donors (Lipinski definition) is 2. The van der Waals surface area contributed by atoms with E-state index >= 15 is 0 Å². The van der Waals surface area contributed by atoms with E-state index in [1.54, 1.807) is 11.3 Å². The van der Waals surface area contributed by atoms with Crippen LogP contribution in [0, 0.1) is 0 Å². The molecular formula is C19H28N4O2S. The van der Waals surface area contributed by atoms with E-state index in [0.29, 0.717) is 13.1 Å². The Balaban J connectivity index is 1.48. The summed E-state index contributed by atoms with van der Waals surface area (Å²) in [4.78, 5) is 19.1. The lowest BCUT2D eigenvalue weighted by Crippen LogP contribution is -2.59. The number of urea groups is 1. The summed E-state index contributed by atoms with van der Waals surface area (Å²) in [5.74, 6) is 0. The highest BCUT2D eigenvalue weighted by atomic mass is 32.1. The number of hydrogen-bond acceptors (Lipinski definition) is 5. The van der Waals surface area contributed by atoms with Crippen molar-refractivity contribution < 1.29 is 9.53 Å². The van der Waals surface area contributed by atoms with E-state index in [-0.39, 0.29) is 23.8 Å². The topological polar surface area (TPSA) is 66.5 Å². The number of amides is 2. The molecule has 2 heterocycles. The summed E-state index contributed by atoms with van der Waals surface area (Å²) in [5, 5.41) is 6.82. The van der Waals surface area contributed by atoms with Gasteiger partial charge < -0.3 is 15.4 Å². The summed E-state index contributed by atoms with van der Waals surface area (Å²) >= 11 is 1.61. The largest absolute Gasteiger partial charge is 0.373 e. The van der Waals surface area contributed by atoms with Crippen LogP contribution in [0.5, 0.6) is 0 Å². The van der Waals surface area contributed by atoms with Crippen LogP contribution in [-0.4, -0.2) is 53.3 Å². The first-order valence-corrected chi connectivity index (χ1v) is 9.92. The molecule has 2 N–H and O–H groups in total. The van der Waals surface area contributed by atoms with Gasteiger partial charge in [-0.3, -0.25) is 4.90 Å². The minimum absolute atomic E-state index is 0.125. The fourth-order valence-corrected chi connectivity index (χ4v) is 4.20. The molecule has 1 aliphatic heterocycles. The lowest BCUT2D eigenvalue weighted by Gasteiger charge is -2.45. The molecule has 1 aliphatic rings. The van der Waals surface area contributed by atoms with Crippen LogP contribution >= 0.6 is 11.3 Å². The molecule has 6 nitrogen and oxygen atoms in total. The maximum atomic E-state index is 12.2. The van der Waals surface area contributed by atoms with E-state index in [9.17, 15) is 4.79 Å². The molecule has 142 valence electrons. The molecule has 2 aromatic rings. The van der Waals surface area contributed by atoms with Crippen molar-refractivity contribution in [2.24, 2.45) is 0 Å². The third-order valence-corrected chi connectivity index (χ3v) is 5.73. The zero-order chi connectivity index (χ0) is 18.7. The van der Waals surface area contributed by atoms with E-state index in [1.807, 2.05) is 24.3 Å². The number of aromatic nitrogens is 1. The highest BCUT2D eigenvalue weighted by Crippen LogP contribution is 2.22. The normalized spacial score (nSPS) is 21.7. The molecule has 1 aromatic heterocycles. The fourth-order valence-electron chi connectivity index (χ4n) is 3.29. The zero-order valence-electron chi connectivity index (χ0n) is 15.9. The second-order valence-electron chi connectivity index (χ2n) is 7.59. The SMILES string of the molecule is C[C@H]1CN(C(C)(C)CNC(=O)NCc2nc3ccccc3s2)C[C@H](C)O1. The highest BCUT2D eigenvalue weighted by molar-refractivity contribution is 7.18. The maximum Gasteiger partial charge on any atom is 0.315 e. The first-order valence-electron chi connectivity index (χ1n) is 9.10. The zero-order valence-corrected chi connectivity index (χ0v) is 16.7. The lowest BCUT2D eigenvalue weighted by atomic mass is 10.0. The van der Waals surface area contributed by atoms with Gasteiger partial charge in [-0.2, -0.15) is 0 Å². The summed E-state index contributed by atoms with van der Waals surface area (Å²) in [7, 11) is 0. The van der Waals surface area contributed by atoms with Gasteiger partial charge in [0, 0.05) is 25.2 Å². The molecule has 3 rings (SSSR count). The van der Waals surface area contributed by atoms with Crippen LogP contribution in [0.25, 0.3) is 10.2 Å². The van der Waals surface area contributed by atoms with E-state index in [0.717, 1.165) is 28.3 Å². The Morgan fingerprint density at radius 3 is 2.65 bits per heavy atom. The summed E-state index contributed by atoms with van der Waals surface area (Å²) in [6.45, 7) is 11.3. The number of nitrogens with one attached hydrogen (secondary N) is 2. The van der Waals surface area contributed by atoms with Crippen molar-refractivity contribution >= 4 is 27.6 Å². The minimum Gasteiger partial charge on any atom is -0.373 e. The minimum atomic E-state index is -0.160. The third kappa shape index (κ3) is 4.72. The average Bonchev–Trinajstić information content (AvgIpc) is 3.00. The predicted octanol–water partition coefficient (Wildman–Crippen LogP) is 2.98. The molecule has 0 spiro atoms. The van der Waals surface area contributed by atoms with Gasteiger partial charge >= 0.3 is 6.03 Å². The Bertz CT molecular complexity index is 718. The molecular weight excluding hydrogens is 348 g/mol.